The molecule has 0 spiro atoms. The molecule has 1 heterocycles. The average Bonchev–Trinajstić information content (AvgIpc) is 2.47. The van der Waals surface area contributed by atoms with E-state index >= 15 is 0 Å². The summed E-state index contributed by atoms with van der Waals surface area (Å²) in [6.45, 7) is 6.58. The topological polar surface area (TPSA) is 44.2 Å². The van der Waals surface area contributed by atoms with Gasteiger partial charge in [-0.3, -0.25) is 0 Å². The average molecular weight is 293 g/mol. The molecule has 0 aliphatic rings. The Morgan fingerprint density at radius 2 is 1.65 bits per heavy atom. The number of hydrogen-bond donors (Lipinski definition) is 0. The highest BCUT2D eigenvalue weighted by Crippen LogP contribution is 2.27. The van der Waals surface area contributed by atoms with Crippen LogP contribution in [-0.4, -0.2) is 16.8 Å². The van der Waals surface area contributed by atoms with Gasteiger partial charge in [-0.25, -0.2) is 0 Å². The minimum absolute atomic E-state index is 0.401. The summed E-state index contributed by atoms with van der Waals surface area (Å²) < 4.78 is 11.2. The first kappa shape index (κ1) is 14.6. The molecule has 0 unspecified atom stereocenters. The van der Waals surface area contributed by atoms with Crippen molar-refractivity contribution in [1.82, 2.24) is 10.2 Å². The summed E-state index contributed by atoms with van der Waals surface area (Å²) in [5.74, 6) is 1.98. The fourth-order valence-electron chi connectivity index (χ4n) is 1.59. The zero-order valence-corrected chi connectivity index (χ0v) is 12.6. The molecule has 2 rings (SSSR count). The van der Waals surface area contributed by atoms with Gasteiger partial charge in [-0.15, -0.1) is 10.2 Å². The minimum Gasteiger partial charge on any atom is -0.494 e. The van der Waals surface area contributed by atoms with Gasteiger partial charge < -0.3 is 9.47 Å². The molecular weight excluding hydrogens is 276 g/mol. The van der Waals surface area contributed by atoms with Crippen molar-refractivity contribution >= 4 is 11.6 Å². The van der Waals surface area contributed by atoms with Gasteiger partial charge in [0.1, 0.15) is 11.5 Å². The van der Waals surface area contributed by atoms with Crippen molar-refractivity contribution in [2.75, 3.05) is 6.61 Å². The Bertz CT molecular complexity index is 585. The molecule has 20 heavy (non-hydrogen) atoms. The Kier molecular flexibility index (Phi) is 4.79. The number of benzene rings is 1. The Balaban J connectivity index is 2.12. The SMILES string of the molecule is CCCOc1ccc(Oc2nnc(Cl)c(C)c2C)cc1. The summed E-state index contributed by atoms with van der Waals surface area (Å²) >= 11 is 5.91. The van der Waals surface area contributed by atoms with E-state index in [0.29, 0.717) is 23.4 Å². The molecule has 0 fully saturated rings. The molecule has 0 radical (unpaired) electrons. The number of aromatic nitrogens is 2. The zero-order valence-electron chi connectivity index (χ0n) is 11.8. The summed E-state index contributed by atoms with van der Waals surface area (Å²) in [7, 11) is 0. The lowest BCUT2D eigenvalue weighted by Gasteiger charge is -2.10. The third-order valence-corrected chi connectivity index (χ3v) is 3.29. The van der Waals surface area contributed by atoms with Gasteiger partial charge in [-0.2, -0.15) is 0 Å². The maximum Gasteiger partial charge on any atom is 0.242 e. The Morgan fingerprint density at radius 3 is 2.30 bits per heavy atom. The van der Waals surface area contributed by atoms with Crippen molar-refractivity contribution in [1.29, 1.82) is 0 Å². The van der Waals surface area contributed by atoms with Gasteiger partial charge >= 0.3 is 0 Å². The monoisotopic (exact) mass is 292 g/mol. The normalized spacial score (nSPS) is 10.4. The van der Waals surface area contributed by atoms with Crippen LogP contribution in [0, 0.1) is 13.8 Å². The van der Waals surface area contributed by atoms with Crippen LogP contribution in [0.25, 0.3) is 0 Å². The molecular formula is C15H17ClN2O2. The second-order valence-electron chi connectivity index (χ2n) is 4.47. The Labute approximate surface area is 123 Å². The number of hydrogen-bond acceptors (Lipinski definition) is 4. The van der Waals surface area contributed by atoms with E-state index in [-0.39, 0.29) is 0 Å². The van der Waals surface area contributed by atoms with Crippen LogP contribution in [0.5, 0.6) is 17.4 Å². The van der Waals surface area contributed by atoms with Gasteiger partial charge in [-0.1, -0.05) is 18.5 Å². The van der Waals surface area contributed by atoms with Crippen molar-refractivity contribution in [3.8, 4) is 17.4 Å². The van der Waals surface area contributed by atoms with Gasteiger partial charge in [0.25, 0.3) is 0 Å². The van der Waals surface area contributed by atoms with Crippen molar-refractivity contribution in [3.05, 3.63) is 40.5 Å². The Morgan fingerprint density at radius 1 is 1.00 bits per heavy atom. The van der Waals surface area contributed by atoms with Crippen LogP contribution in [0.3, 0.4) is 0 Å². The van der Waals surface area contributed by atoms with Crippen LogP contribution in [-0.2, 0) is 0 Å². The van der Waals surface area contributed by atoms with Gasteiger partial charge in [0.2, 0.25) is 5.88 Å². The Hall–Kier alpha value is -1.81. The predicted octanol–water partition coefficient (Wildman–Crippen LogP) is 4.33. The van der Waals surface area contributed by atoms with E-state index in [9.17, 15) is 0 Å². The molecule has 1 aromatic heterocycles. The lowest BCUT2D eigenvalue weighted by atomic mass is 10.2. The van der Waals surface area contributed by atoms with Crippen LogP contribution in [0.2, 0.25) is 5.15 Å². The molecule has 5 heteroatoms. The van der Waals surface area contributed by atoms with Crippen molar-refractivity contribution < 1.29 is 9.47 Å². The molecule has 0 N–H and O–H groups in total. The predicted molar refractivity (Wildman–Crippen MR) is 78.8 cm³/mol. The first-order valence-corrected chi connectivity index (χ1v) is 6.89. The van der Waals surface area contributed by atoms with Crippen LogP contribution >= 0.6 is 11.6 Å². The summed E-state index contributed by atoms with van der Waals surface area (Å²) in [6, 6.07) is 7.43. The fourth-order valence-corrected chi connectivity index (χ4v) is 1.77. The van der Waals surface area contributed by atoms with Gasteiger partial charge in [-0.05, 0) is 50.1 Å². The fraction of sp³-hybridized carbons (Fsp3) is 0.333. The second kappa shape index (κ2) is 6.57. The van der Waals surface area contributed by atoms with Gasteiger partial charge in [0.15, 0.2) is 5.15 Å². The molecule has 0 saturated carbocycles. The quantitative estimate of drug-likeness (QED) is 0.823. The molecule has 2 aromatic rings. The van der Waals surface area contributed by atoms with Gasteiger partial charge in [0, 0.05) is 5.56 Å². The smallest absolute Gasteiger partial charge is 0.242 e. The third-order valence-electron chi connectivity index (χ3n) is 2.93. The highest BCUT2D eigenvalue weighted by molar-refractivity contribution is 6.30. The van der Waals surface area contributed by atoms with E-state index in [1.54, 1.807) is 0 Å². The lowest BCUT2D eigenvalue weighted by molar-refractivity contribution is 0.317. The molecule has 0 aliphatic carbocycles. The summed E-state index contributed by atoms with van der Waals surface area (Å²) in [5.41, 5.74) is 1.76. The number of rotatable bonds is 5. The lowest BCUT2D eigenvalue weighted by Crippen LogP contribution is -1.98. The van der Waals surface area contributed by atoms with E-state index in [1.165, 1.54) is 0 Å². The summed E-state index contributed by atoms with van der Waals surface area (Å²) in [6.07, 6.45) is 0.983. The molecule has 0 amide bonds. The molecule has 0 bridgehead atoms. The van der Waals surface area contributed by atoms with E-state index in [1.807, 2.05) is 38.1 Å². The number of nitrogens with zero attached hydrogens (tertiary/aromatic N) is 2. The molecule has 0 saturated heterocycles. The van der Waals surface area contributed by atoms with Gasteiger partial charge in [0.05, 0.1) is 6.61 Å². The van der Waals surface area contributed by atoms with E-state index < -0.39 is 0 Å². The van der Waals surface area contributed by atoms with Crippen LogP contribution in [0.4, 0.5) is 0 Å². The van der Waals surface area contributed by atoms with Crippen molar-refractivity contribution in [2.24, 2.45) is 0 Å². The molecule has 1 aromatic carbocycles. The van der Waals surface area contributed by atoms with Crippen molar-refractivity contribution in [2.45, 2.75) is 27.2 Å². The van der Waals surface area contributed by atoms with E-state index in [4.69, 9.17) is 21.1 Å². The third kappa shape index (κ3) is 3.39. The van der Waals surface area contributed by atoms with Crippen LogP contribution in [0.15, 0.2) is 24.3 Å². The number of halogens is 1. The molecule has 0 aliphatic heterocycles. The van der Waals surface area contributed by atoms with E-state index in [2.05, 4.69) is 17.1 Å². The largest absolute Gasteiger partial charge is 0.494 e. The summed E-state index contributed by atoms with van der Waals surface area (Å²) in [5, 5.41) is 8.23. The number of ether oxygens (including phenoxy) is 2. The molecule has 0 atom stereocenters. The van der Waals surface area contributed by atoms with E-state index in [0.717, 1.165) is 23.3 Å². The molecule has 106 valence electrons. The van der Waals surface area contributed by atoms with Crippen molar-refractivity contribution in [3.63, 3.8) is 0 Å². The second-order valence-corrected chi connectivity index (χ2v) is 4.83. The zero-order chi connectivity index (χ0) is 14.5. The first-order chi connectivity index (χ1) is 9.61. The maximum absolute atomic E-state index is 5.91. The highest BCUT2D eigenvalue weighted by Gasteiger charge is 2.10. The maximum atomic E-state index is 5.91. The standard InChI is InChI=1S/C15H17ClN2O2/c1-4-9-19-12-5-7-13(8-6-12)20-15-11(3)10(2)14(16)17-18-15/h5-8H,4,9H2,1-3H3. The van der Waals surface area contributed by atoms with Crippen LogP contribution < -0.4 is 9.47 Å². The van der Waals surface area contributed by atoms with Crippen LogP contribution in [0.1, 0.15) is 24.5 Å². The first-order valence-electron chi connectivity index (χ1n) is 6.52. The minimum atomic E-state index is 0.401. The molecule has 4 nitrogen and oxygen atoms in total. The summed E-state index contributed by atoms with van der Waals surface area (Å²) in [4.78, 5) is 0. The highest BCUT2D eigenvalue weighted by atomic mass is 35.5.